The number of ether oxygens (including phenoxy) is 1. The lowest BCUT2D eigenvalue weighted by Crippen LogP contribution is -2.45. The van der Waals surface area contributed by atoms with E-state index < -0.39 is 0 Å². The van der Waals surface area contributed by atoms with E-state index in [9.17, 15) is 4.79 Å². The lowest BCUT2D eigenvalue weighted by Gasteiger charge is -2.28. The molecule has 1 aliphatic rings. The second-order valence-electron chi connectivity index (χ2n) is 3.71. The van der Waals surface area contributed by atoms with Gasteiger partial charge in [-0.15, -0.1) is 0 Å². The van der Waals surface area contributed by atoms with Crippen molar-refractivity contribution in [1.29, 1.82) is 0 Å². The summed E-state index contributed by atoms with van der Waals surface area (Å²) in [6.07, 6.45) is 2.79. The summed E-state index contributed by atoms with van der Waals surface area (Å²) in [5, 5.41) is 3.26. The molecule has 0 saturated carbocycles. The minimum absolute atomic E-state index is 0.155. The second kappa shape index (κ2) is 7.09. The maximum atomic E-state index is 11.6. The van der Waals surface area contributed by atoms with Gasteiger partial charge in [0.15, 0.2) is 0 Å². The van der Waals surface area contributed by atoms with E-state index >= 15 is 0 Å². The number of nitrogens with one attached hydrogen (secondary N) is 1. The molecule has 0 aromatic carbocycles. The van der Waals surface area contributed by atoms with Gasteiger partial charge in [-0.2, -0.15) is 11.8 Å². The highest BCUT2D eigenvalue weighted by Gasteiger charge is 2.17. The van der Waals surface area contributed by atoms with Crippen LogP contribution in [0.25, 0.3) is 0 Å². The fourth-order valence-corrected chi connectivity index (χ4v) is 1.90. The summed E-state index contributed by atoms with van der Waals surface area (Å²) in [4.78, 5) is 13.4. The minimum atomic E-state index is 0.155. The molecule has 1 aliphatic heterocycles. The molecule has 1 unspecified atom stereocenters. The zero-order valence-corrected chi connectivity index (χ0v) is 10.3. The van der Waals surface area contributed by atoms with E-state index in [1.807, 2.05) is 13.3 Å². The van der Waals surface area contributed by atoms with Crippen molar-refractivity contribution in [1.82, 2.24) is 10.2 Å². The van der Waals surface area contributed by atoms with Crippen molar-refractivity contribution in [2.45, 2.75) is 12.5 Å². The van der Waals surface area contributed by atoms with Gasteiger partial charge in [0.25, 0.3) is 0 Å². The summed E-state index contributed by atoms with van der Waals surface area (Å²) in [5.41, 5.74) is 0. The van der Waals surface area contributed by atoms with Crippen molar-refractivity contribution >= 4 is 17.7 Å². The van der Waals surface area contributed by atoms with Crippen LogP contribution in [0.15, 0.2) is 0 Å². The lowest BCUT2D eigenvalue weighted by atomic mass is 10.3. The minimum Gasteiger partial charge on any atom is -0.374 e. The first-order valence-electron chi connectivity index (χ1n) is 5.29. The van der Waals surface area contributed by atoms with Crippen LogP contribution in [0.3, 0.4) is 0 Å². The molecule has 88 valence electrons. The van der Waals surface area contributed by atoms with Crippen LogP contribution in [0.2, 0.25) is 0 Å². The van der Waals surface area contributed by atoms with Crippen molar-refractivity contribution in [3.63, 3.8) is 0 Å². The molecule has 0 aromatic rings. The molecule has 1 N–H and O–H groups in total. The van der Waals surface area contributed by atoms with E-state index in [1.165, 1.54) is 0 Å². The fraction of sp³-hybridized carbons (Fsp3) is 0.900. The number of nitrogens with zero attached hydrogens (tertiary/aromatic N) is 1. The largest absolute Gasteiger partial charge is 0.374 e. The fourth-order valence-electron chi connectivity index (χ4n) is 1.52. The molecule has 0 aliphatic carbocycles. The van der Waals surface area contributed by atoms with Crippen LogP contribution in [0.1, 0.15) is 6.42 Å². The number of carbonyl (C=O) groups excluding carboxylic acids is 1. The first kappa shape index (κ1) is 12.8. The summed E-state index contributed by atoms with van der Waals surface area (Å²) >= 11 is 1.70. The van der Waals surface area contributed by atoms with E-state index in [-0.39, 0.29) is 12.0 Å². The molecular weight excluding hydrogens is 212 g/mol. The summed E-state index contributed by atoms with van der Waals surface area (Å²) in [6, 6.07) is 0. The van der Waals surface area contributed by atoms with Crippen LogP contribution in [0, 0.1) is 0 Å². The number of carbonyl (C=O) groups is 1. The molecule has 15 heavy (non-hydrogen) atoms. The molecule has 0 spiro atoms. The quantitative estimate of drug-likeness (QED) is 0.734. The number of thioether (sulfide) groups is 1. The Labute approximate surface area is 95.7 Å². The SMILES string of the molecule is CSCCC(=O)N(C)CC1CNCCO1. The normalized spacial score (nSPS) is 21.3. The predicted molar refractivity (Wildman–Crippen MR) is 63.2 cm³/mol. The Morgan fingerprint density at radius 3 is 3.07 bits per heavy atom. The van der Waals surface area contributed by atoms with Gasteiger partial charge in [0.1, 0.15) is 0 Å². The van der Waals surface area contributed by atoms with E-state index in [4.69, 9.17) is 4.74 Å². The standard InChI is InChI=1S/C10H20N2O2S/c1-12(10(13)3-6-15-2)8-9-7-11-4-5-14-9/h9,11H,3-8H2,1-2H3. The average Bonchev–Trinajstić information content (AvgIpc) is 2.27. The Balaban J connectivity index is 2.20. The highest BCUT2D eigenvalue weighted by molar-refractivity contribution is 7.98. The first-order chi connectivity index (χ1) is 7.24. The van der Waals surface area contributed by atoms with Gasteiger partial charge in [0.2, 0.25) is 5.91 Å². The maximum absolute atomic E-state index is 11.6. The molecule has 0 radical (unpaired) electrons. The summed E-state index contributed by atoms with van der Waals surface area (Å²) in [6.45, 7) is 3.21. The van der Waals surface area contributed by atoms with Gasteiger partial charge >= 0.3 is 0 Å². The van der Waals surface area contributed by atoms with Gasteiger partial charge < -0.3 is 15.0 Å². The molecule has 4 nitrogen and oxygen atoms in total. The zero-order chi connectivity index (χ0) is 11.1. The first-order valence-corrected chi connectivity index (χ1v) is 6.68. The van der Waals surface area contributed by atoms with Crippen molar-refractivity contribution in [3.05, 3.63) is 0 Å². The Hall–Kier alpha value is -0.260. The number of morpholine rings is 1. The summed E-state index contributed by atoms with van der Waals surface area (Å²) in [5.74, 6) is 1.10. The third-order valence-electron chi connectivity index (χ3n) is 2.43. The summed E-state index contributed by atoms with van der Waals surface area (Å²) in [7, 11) is 1.85. The highest BCUT2D eigenvalue weighted by Crippen LogP contribution is 2.02. The number of amides is 1. The molecule has 1 rings (SSSR count). The van der Waals surface area contributed by atoms with E-state index in [0.29, 0.717) is 13.0 Å². The topological polar surface area (TPSA) is 41.6 Å². The van der Waals surface area contributed by atoms with Gasteiger partial charge in [0.05, 0.1) is 12.7 Å². The molecular formula is C10H20N2O2S. The molecule has 1 heterocycles. The number of hydrogen-bond donors (Lipinski definition) is 1. The average molecular weight is 232 g/mol. The van der Waals surface area contributed by atoms with Crippen molar-refractivity contribution < 1.29 is 9.53 Å². The molecule has 1 saturated heterocycles. The molecule has 1 atom stereocenters. The Bertz CT molecular complexity index is 196. The van der Waals surface area contributed by atoms with Crippen molar-refractivity contribution in [2.24, 2.45) is 0 Å². The smallest absolute Gasteiger partial charge is 0.223 e. The van der Waals surface area contributed by atoms with Gasteiger partial charge in [0, 0.05) is 38.9 Å². The third-order valence-corrected chi connectivity index (χ3v) is 3.04. The van der Waals surface area contributed by atoms with E-state index in [2.05, 4.69) is 5.32 Å². The van der Waals surface area contributed by atoms with Crippen molar-refractivity contribution in [2.75, 3.05) is 45.3 Å². The van der Waals surface area contributed by atoms with Gasteiger partial charge in [-0.25, -0.2) is 0 Å². The van der Waals surface area contributed by atoms with Crippen LogP contribution in [-0.4, -0.2) is 62.2 Å². The zero-order valence-electron chi connectivity index (χ0n) is 9.49. The van der Waals surface area contributed by atoms with Gasteiger partial charge in [-0.1, -0.05) is 0 Å². The van der Waals surface area contributed by atoms with Crippen LogP contribution in [0.4, 0.5) is 0 Å². The van der Waals surface area contributed by atoms with Gasteiger partial charge in [-0.05, 0) is 6.26 Å². The van der Waals surface area contributed by atoms with E-state index in [0.717, 1.165) is 25.4 Å². The van der Waals surface area contributed by atoms with E-state index in [1.54, 1.807) is 16.7 Å². The molecule has 5 heteroatoms. The Kier molecular flexibility index (Phi) is 6.05. The van der Waals surface area contributed by atoms with Crippen LogP contribution in [-0.2, 0) is 9.53 Å². The van der Waals surface area contributed by atoms with Crippen molar-refractivity contribution in [3.8, 4) is 0 Å². The van der Waals surface area contributed by atoms with Crippen LogP contribution in [0.5, 0.6) is 0 Å². The monoisotopic (exact) mass is 232 g/mol. The maximum Gasteiger partial charge on any atom is 0.223 e. The number of rotatable bonds is 5. The molecule has 0 aromatic heterocycles. The number of likely N-dealkylation sites (N-methyl/N-ethyl adjacent to an activating group) is 1. The van der Waals surface area contributed by atoms with Crippen LogP contribution < -0.4 is 5.32 Å². The third kappa shape index (κ3) is 4.86. The second-order valence-corrected chi connectivity index (χ2v) is 4.70. The molecule has 1 amide bonds. The predicted octanol–water partition coefficient (Wildman–Crippen LogP) is 0.186. The molecule has 1 fully saturated rings. The molecule has 0 bridgehead atoms. The number of hydrogen-bond acceptors (Lipinski definition) is 4. The lowest BCUT2D eigenvalue weighted by molar-refractivity contribution is -0.131. The Morgan fingerprint density at radius 2 is 2.47 bits per heavy atom. The highest BCUT2D eigenvalue weighted by atomic mass is 32.2. The summed E-state index contributed by atoms with van der Waals surface area (Å²) < 4.78 is 5.54. The van der Waals surface area contributed by atoms with Crippen LogP contribution >= 0.6 is 11.8 Å². The van der Waals surface area contributed by atoms with Gasteiger partial charge in [-0.3, -0.25) is 4.79 Å². The Morgan fingerprint density at radius 1 is 1.67 bits per heavy atom.